The molecule has 0 saturated heterocycles. The Morgan fingerprint density at radius 2 is 1.87 bits per heavy atom. The SMILES string of the molecule is NN1c2ccccc2C2CCCCCC21. The molecule has 2 heteroatoms. The summed E-state index contributed by atoms with van der Waals surface area (Å²) in [7, 11) is 0. The third-order valence-corrected chi connectivity index (χ3v) is 3.95. The molecular weight excluding hydrogens is 184 g/mol. The Bertz CT molecular complexity index is 361. The highest BCUT2D eigenvalue weighted by molar-refractivity contribution is 5.60. The van der Waals surface area contributed by atoms with E-state index in [1.807, 2.05) is 5.01 Å². The molecule has 3 rings (SSSR count). The molecule has 0 spiro atoms. The van der Waals surface area contributed by atoms with Crippen LogP contribution in [0.1, 0.15) is 43.6 Å². The highest BCUT2D eigenvalue weighted by Gasteiger charge is 2.36. The van der Waals surface area contributed by atoms with Crippen molar-refractivity contribution in [1.29, 1.82) is 0 Å². The Morgan fingerprint density at radius 1 is 1.07 bits per heavy atom. The first-order valence-corrected chi connectivity index (χ1v) is 6.01. The molecule has 2 N–H and O–H groups in total. The Hall–Kier alpha value is -1.02. The van der Waals surface area contributed by atoms with Gasteiger partial charge < -0.3 is 5.01 Å². The van der Waals surface area contributed by atoms with Gasteiger partial charge >= 0.3 is 0 Å². The molecule has 0 aromatic heterocycles. The van der Waals surface area contributed by atoms with Crippen molar-refractivity contribution in [3.05, 3.63) is 29.8 Å². The van der Waals surface area contributed by atoms with Crippen LogP contribution < -0.4 is 10.9 Å². The lowest BCUT2D eigenvalue weighted by Gasteiger charge is -2.24. The molecule has 0 bridgehead atoms. The number of hydrogen-bond donors (Lipinski definition) is 1. The number of rotatable bonds is 0. The Balaban J connectivity index is 2.02. The van der Waals surface area contributed by atoms with Gasteiger partial charge in [-0.15, -0.1) is 0 Å². The number of hydrazine groups is 1. The largest absolute Gasteiger partial charge is 0.307 e. The number of hydrogen-bond acceptors (Lipinski definition) is 2. The summed E-state index contributed by atoms with van der Waals surface area (Å²) in [5, 5.41) is 2.02. The van der Waals surface area contributed by atoms with Crippen LogP contribution in [0.25, 0.3) is 0 Å². The fraction of sp³-hybridized carbons (Fsp3) is 0.538. The van der Waals surface area contributed by atoms with Crippen LogP contribution in [0.3, 0.4) is 0 Å². The minimum Gasteiger partial charge on any atom is -0.307 e. The zero-order chi connectivity index (χ0) is 10.3. The van der Waals surface area contributed by atoms with E-state index in [1.165, 1.54) is 43.4 Å². The van der Waals surface area contributed by atoms with Gasteiger partial charge in [0, 0.05) is 5.92 Å². The van der Waals surface area contributed by atoms with Crippen molar-refractivity contribution >= 4 is 5.69 Å². The molecule has 2 nitrogen and oxygen atoms in total. The van der Waals surface area contributed by atoms with Crippen molar-refractivity contribution < 1.29 is 0 Å². The van der Waals surface area contributed by atoms with Gasteiger partial charge in [-0.1, -0.05) is 37.5 Å². The summed E-state index contributed by atoms with van der Waals surface area (Å²) in [6.45, 7) is 0. The van der Waals surface area contributed by atoms with Gasteiger partial charge in [-0.25, -0.2) is 5.84 Å². The molecule has 0 radical (unpaired) electrons. The van der Waals surface area contributed by atoms with Gasteiger partial charge in [-0.05, 0) is 24.5 Å². The minimum atomic E-state index is 0.560. The van der Waals surface area contributed by atoms with Crippen LogP contribution in [0.15, 0.2) is 24.3 Å². The van der Waals surface area contributed by atoms with Crippen LogP contribution in [0.4, 0.5) is 5.69 Å². The van der Waals surface area contributed by atoms with Gasteiger partial charge in [0.1, 0.15) is 0 Å². The van der Waals surface area contributed by atoms with Crippen molar-refractivity contribution in [3.8, 4) is 0 Å². The van der Waals surface area contributed by atoms with E-state index in [2.05, 4.69) is 24.3 Å². The maximum Gasteiger partial charge on any atom is 0.0556 e. The summed E-state index contributed by atoms with van der Waals surface area (Å²) in [6, 6.07) is 9.20. The third-order valence-electron chi connectivity index (χ3n) is 3.95. The van der Waals surface area contributed by atoms with Crippen molar-refractivity contribution in [2.75, 3.05) is 5.01 Å². The van der Waals surface area contributed by atoms with Crippen LogP contribution in [0.5, 0.6) is 0 Å². The van der Waals surface area contributed by atoms with Crippen LogP contribution in [0, 0.1) is 0 Å². The number of nitrogens with two attached hydrogens (primary N) is 1. The van der Waals surface area contributed by atoms with E-state index in [-0.39, 0.29) is 0 Å². The van der Waals surface area contributed by atoms with Crippen molar-refractivity contribution in [2.24, 2.45) is 5.84 Å². The van der Waals surface area contributed by atoms with E-state index in [0.717, 1.165) is 0 Å². The Labute approximate surface area is 91.0 Å². The first-order valence-electron chi connectivity index (χ1n) is 6.01. The highest BCUT2D eigenvalue weighted by atomic mass is 15.4. The number of nitrogens with zero attached hydrogens (tertiary/aromatic N) is 1. The molecule has 80 valence electrons. The van der Waals surface area contributed by atoms with Gasteiger partial charge in [0.2, 0.25) is 0 Å². The van der Waals surface area contributed by atoms with Crippen LogP contribution >= 0.6 is 0 Å². The van der Waals surface area contributed by atoms with E-state index in [4.69, 9.17) is 5.84 Å². The predicted octanol–water partition coefficient (Wildman–Crippen LogP) is 2.80. The van der Waals surface area contributed by atoms with Crippen molar-refractivity contribution in [2.45, 2.75) is 44.1 Å². The van der Waals surface area contributed by atoms with Crippen LogP contribution in [-0.4, -0.2) is 6.04 Å². The molecule has 1 fully saturated rings. The number of fused-ring (bicyclic) bond motifs is 3. The van der Waals surface area contributed by atoms with Gasteiger partial charge in [-0.3, -0.25) is 0 Å². The topological polar surface area (TPSA) is 29.3 Å². The molecule has 1 saturated carbocycles. The highest BCUT2D eigenvalue weighted by Crippen LogP contribution is 2.44. The summed E-state index contributed by atoms with van der Waals surface area (Å²) in [5.41, 5.74) is 2.74. The molecule has 15 heavy (non-hydrogen) atoms. The monoisotopic (exact) mass is 202 g/mol. The van der Waals surface area contributed by atoms with E-state index in [0.29, 0.717) is 12.0 Å². The molecule has 1 aromatic carbocycles. The molecular formula is C13H18N2. The molecule has 2 unspecified atom stereocenters. The average Bonchev–Trinajstić information content (AvgIpc) is 2.48. The zero-order valence-electron chi connectivity index (χ0n) is 9.02. The summed E-state index contributed by atoms with van der Waals surface area (Å²) in [5.74, 6) is 6.89. The zero-order valence-corrected chi connectivity index (χ0v) is 9.02. The maximum atomic E-state index is 6.20. The molecule has 1 heterocycles. The van der Waals surface area contributed by atoms with Gasteiger partial charge in [0.25, 0.3) is 0 Å². The lowest BCUT2D eigenvalue weighted by Crippen LogP contribution is -2.39. The van der Waals surface area contributed by atoms with Gasteiger partial charge in [0.05, 0.1) is 11.7 Å². The van der Waals surface area contributed by atoms with E-state index in [9.17, 15) is 0 Å². The molecule has 1 aromatic rings. The standard InChI is InChI=1S/C13H18N2/c14-15-12-8-3-1-2-6-10(12)11-7-4-5-9-13(11)15/h4-5,7,9-10,12H,1-3,6,8,14H2. The molecule has 1 aliphatic heterocycles. The second-order valence-corrected chi connectivity index (χ2v) is 4.78. The van der Waals surface area contributed by atoms with Crippen LogP contribution in [0.2, 0.25) is 0 Å². The lowest BCUT2D eigenvalue weighted by atomic mass is 9.91. The summed E-state index contributed by atoms with van der Waals surface area (Å²) in [4.78, 5) is 0. The quantitative estimate of drug-likeness (QED) is 0.655. The summed E-state index contributed by atoms with van der Waals surface area (Å²) < 4.78 is 0. The van der Waals surface area contributed by atoms with Gasteiger partial charge in [-0.2, -0.15) is 0 Å². The summed E-state index contributed by atoms with van der Waals surface area (Å²) in [6.07, 6.45) is 6.65. The second kappa shape index (κ2) is 3.53. The molecule has 2 aliphatic rings. The minimum absolute atomic E-state index is 0.560. The molecule has 0 amide bonds. The molecule has 2 atom stereocenters. The van der Waals surface area contributed by atoms with Gasteiger partial charge in [0.15, 0.2) is 0 Å². The first-order chi connectivity index (χ1) is 7.38. The Kier molecular flexibility index (Phi) is 2.17. The predicted molar refractivity (Wildman–Crippen MR) is 62.7 cm³/mol. The lowest BCUT2D eigenvalue weighted by molar-refractivity contribution is 0.504. The normalized spacial score (nSPS) is 29.5. The fourth-order valence-corrected chi connectivity index (χ4v) is 3.20. The van der Waals surface area contributed by atoms with E-state index in [1.54, 1.807) is 0 Å². The number of anilines is 1. The molecule has 1 aliphatic carbocycles. The smallest absolute Gasteiger partial charge is 0.0556 e. The Morgan fingerprint density at radius 3 is 2.80 bits per heavy atom. The van der Waals surface area contributed by atoms with Crippen molar-refractivity contribution in [1.82, 2.24) is 0 Å². The van der Waals surface area contributed by atoms with Crippen molar-refractivity contribution in [3.63, 3.8) is 0 Å². The maximum absolute atomic E-state index is 6.20. The first kappa shape index (κ1) is 9.22. The fourth-order valence-electron chi connectivity index (χ4n) is 3.20. The van der Waals surface area contributed by atoms with Crippen LogP contribution in [-0.2, 0) is 0 Å². The number of benzene rings is 1. The average molecular weight is 202 g/mol. The summed E-state index contributed by atoms with van der Waals surface area (Å²) >= 11 is 0. The third kappa shape index (κ3) is 1.36. The number of para-hydroxylation sites is 1. The van der Waals surface area contributed by atoms with E-state index >= 15 is 0 Å². The van der Waals surface area contributed by atoms with E-state index < -0.39 is 0 Å². The second-order valence-electron chi connectivity index (χ2n) is 4.78.